The second kappa shape index (κ2) is 8.30. The van der Waals surface area contributed by atoms with E-state index in [1.165, 1.54) is 48.1 Å². The molecule has 28 heavy (non-hydrogen) atoms. The van der Waals surface area contributed by atoms with Crippen molar-refractivity contribution in [3.8, 4) is 5.75 Å². The fraction of sp³-hybridized carbons (Fsp3) is 0.440. The summed E-state index contributed by atoms with van der Waals surface area (Å²) in [6.07, 6.45) is 5.06. The molecule has 0 saturated carbocycles. The summed E-state index contributed by atoms with van der Waals surface area (Å²) in [5.74, 6) is 0.976. The molecule has 2 aliphatic rings. The van der Waals surface area contributed by atoms with Gasteiger partial charge in [-0.3, -0.25) is 0 Å². The fourth-order valence-corrected chi connectivity index (χ4v) is 4.79. The number of piperazine rings is 1. The van der Waals surface area contributed by atoms with Gasteiger partial charge in [0.05, 0.1) is 12.8 Å². The number of nitrogens with zero attached hydrogens (tertiary/aromatic N) is 2. The highest BCUT2D eigenvalue weighted by atomic mass is 16.5. The predicted molar refractivity (Wildman–Crippen MR) is 118 cm³/mol. The van der Waals surface area contributed by atoms with E-state index in [9.17, 15) is 0 Å². The normalized spacial score (nSPS) is 17.8. The second-order valence-electron chi connectivity index (χ2n) is 8.10. The number of aryl methyl sites for hydroxylation is 2. The van der Waals surface area contributed by atoms with Gasteiger partial charge in [-0.05, 0) is 68.4 Å². The van der Waals surface area contributed by atoms with Gasteiger partial charge in [0, 0.05) is 31.9 Å². The van der Waals surface area contributed by atoms with E-state index in [-0.39, 0.29) is 0 Å². The highest BCUT2D eigenvalue weighted by molar-refractivity contribution is 5.72. The zero-order valence-corrected chi connectivity index (χ0v) is 17.5. The highest BCUT2D eigenvalue weighted by Crippen LogP contribution is 2.37. The topological polar surface area (TPSA) is 15.7 Å². The lowest BCUT2D eigenvalue weighted by Crippen LogP contribution is -2.46. The molecule has 148 valence electrons. The summed E-state index contributed by atoms with van der Waals surface area (Å²) in [6.45, 7) is 8.71. The third-order valence-electron chi connectivity index (χ3n) is 6.23. The van der Waals surface area contributed by atoms with Crippen molar-refractivity contribution in [2.75, 3.05) is 38.2 Å². The molecule has 1 heterocycles. The first-order valence-corrected chi connectivity index (χ1v) is 10.6. The van der Waals surface area contributed by atoms with E-state index in [0.29, 0.717) is 0 Å². The monoisotopic (exact) mass is 376 g/mol. The summed E-state index contributed by atoms with van der Waals surface area (Å²) >= 11 is 0. The van der Waals surface area contributed by atoms with E-state index in [1.54, 1.807) is 18.4 Å². The first-order valence-electron chi connectivity index (χ1n) is 10.6. The maximum absolute atomic E-state index is 5.57. The molecular weight excluding hydrogens is 344 g/mol. The van der Waals surface area contributed by atoms with Crippen molar-refractivity contribution in [1.82, 2.24) is 4.90 Å². The lowest BCUT2D eigenvalue weighted by molar-refractivity contribution is 0.304. The summed E-state index contributed by atoms with van der Waals surface area (Å²) in [4.78, 5) is 5.12. The van der Waals surface area contributed by atoms with Gasteiger partial charge in [0.2, 0.25) is 0 Å². The van der Waals surface area contributed by atoms with Crippen LogP contribution in [0.4, 0.5) is 5.69 Å². The van der Waals surface area contributed by atoms with Gasteiger partial charge in [-0.2, -0.15) is 0 Å². The molecule has 2 aromatic carbocycles. The molecule has 2 aromatic rings. The SMILES string of the molecule is COc1ccccc1N1CCN(C2=C(c3ccc(C)cc3C)CCCC2)CC1. The third kappa shape index (κ3) is 3.76. The van der Waals surface area contributed by atoms with E-state index in [1.807, 2.05) is 6.07 Å². The van der Waals surface area contributed by atoms with Crippen LogP contribution in [0.1, 0.15) is 42.4 Å². The van der Waals surface area contributed by atoms with E-state index in [0.717, 1.165) is 31.9 Å². The van der Waals surface area contributed by atoms with Gasteiger partial charge in [-0.25, -0.2) is 0 Å². The minimum absolute atomic E-state index is 0.976. The Bertz CT molecular complexity index is 863. The second-order valence-corrected chi connectivity index (χ2v) is 8.10. The van der Waals surface area contributed by atoms with E-state index < -0.39 is 0 Å². The van der Waals surface area contributed by atoms with Crippen LogP contribution < -0.4 is 9.64 Å². The van der Waals surface area contributed by atoms with E-state index in [2.05, 4.69) is 60.0 Å². The number of allylic oxidation sites excluding steroid dienone is 2. The number of ether oxygens (including phenoxy) is 1. The Hall–Kier alpha value is -2.42. The van der Waals surface area contributed by atoms with Crippen molar-refractivity contribution < 1.29 is 4.74 Å². The molecule has 4 rings (SSSR count). The fourth-order valence-electron chi connectivity index (χ4n) is 4.79. The summed E-state index contributed by atoms with van der Waals surface area (Å²) in [6, 6.07) is 15.3. The van der Waals surface area contributed by atoms with Gasteiger partial charge in [-0.1, -0.05) is 35.9 Å². The van der Waals surface area contributed by atoms with E-state index >= 15 is 0 Å². The molecule has 1 aliphatic heterocycles. The lowest BCUT2D eigenvalue weighted by atomic mass is 9.87. The number of anilines is 1. The first-order chi connectivity index (χ1) is 13.7. The van der Waals surface area contributed by atoms with Crippen molar-refractivity contribution in [3.05, 3.63) is 64.9 Å². The quantitative estimate of drug-likeness (QED) is 0.709. The lowest BCUT2D eigenvalue weighted by Gasteiger charge is -2.41. The number of benzene rings is 2. The molecule has 0 N–H and O–H groups in total. The van der Waals surface area contributed by atoms with Crippen molar-refractivity contribution in [3.63, 3.8) is 0 Å². The average molecular weight is 377 g/mol. The molecule has 0 amide bonds. The largest absolute Gasteiger partial charge is 0.495 e. The molecule has 1 fully saturated rings. The van der Waals surface area contributed by atoms with Crippen LogP contribution in [0, 0.1) is 13.8 Å². The molecule has 0 bridgehead atoms. The van der Waals surface area contributed by atoms with Gasteiger partial charge in [0.15, 0.2) is 0 Å². The Kier molecular flexibility index (Phi) is 5.61. The molecule has 1 aliphatic carbocycles. The number of hydrogen-bond donors (Lipinski definition) is 0. The summed E-state index contributed by atoms with van der Waals surface area (Å²) in [5.41, 5.74) is 8.64. The maximum Gasteiger partial charge on any atom is 0.142 e. The minimum atomic E-state index is 0.976. The van der Waals surface area contributed by atoms with Crippen LogP contribution in [0.5, 0.6) is 5.75 Å². The Morgan fingerprint density at radius 2 is 1.54 bits per heavy atom. The summed E-state index contributed by atoms with van der Waals surface area (Å²) < 4.78 is 5.57. The maximum atomic E-state index is 5.57. The van der Waals surface area contributed by atoms with Crippen LogP contribution in [-0.4, -0.2) is 38.2 Å². The Labute approximate surface area is 169 Å². The number of rotatable bonds is 4. The van der Waals surface area contributed by atoms with Crippen molar-refractivity contribution >= 4 is 11.3 Å². The van der Waals surface area contributed by atoms with Crippen LogP contribution >= 0.6 is 0 Å². The first kappa shape index (κ1) is 18.9. The van der Waals surface area contributed by atoms with Crippen LogP contribution in [0.15, 0.2) is 48.2 Å². The van der Waals surface area contributed by atoms with Crippen LogP contribution in [0.25, 0.3) is 5.57 Å². The Balaban J connectivity index is 1.56. The van der Waals surface area contributed by atoms with Gasteiger partial charge in [0.1, 0.15) is 5.75 Å². The summed E-state index contributed by atoms with van der Waals surface area (Å²) in [5, 5.41) is 0. The molecule has 3 nitrogen and oxygen atoms in total. The predicted octanol–water partition coefficient (Wildman–Crippen LogP) is 5.42. The van der Waals surface area contributed by atoms with Crippen molar-refractivity contribution in [1.29, 1.82) is 0 Å². The van der Waals surface area contributed by atoms with Gasteiger partial charge < -0.3 is 14.5 Å². The summed E-state index contributed by atoms with van der Waals surface area (Å²) in [7, 11) is 1.76. The smallest absolute Gasteiger partial charge is 0.142 e. The third-order valence-corrected chi connectivity index (χ3v) is 6.23. The zero-order valence-electron chi connectivity index (χ0n) is 17.5. The highest BCUT2D eigenvalue weighted by Gasteiger charge is 2.25. The molecule has 3 heteroatoms. The molecule has 0 atom stereocenters. The van der Waals surface area contributed by atoms with E-state index in [4.69, 9.17) is 4.74 Å². The molecule has 0 radical (unpaired) electrons. The van der Waals surface area contributed by atoms with Crippen LogP contribution in [0.3, 0.4) is 0 Å². The number of para-hydroxylation sites is 2. The van der Waals surface area contributed by atoms with Crippen molar-refractivity contribution in [2.24, 2.45) is 0 Å². The van der Waals surface area contributed by atoms with Crippen LogP contribution in [0.2, 0.25) is 0 Å². The molecular formula is C25H32N2O. The number of methoxy groups -OCH3 is 1. The Morgan fingerprint density at radius 1 is 0.821 bits per heavy atom. The zero-order chi connectivity index (χ0) is 19.5. The van der Waals surface area contributed by atoms with Crippen LogP contribution in [-0.2, 0) is 0 Å². The molecule has 0 spiro atoms. The van der Waals surface area contributed by atoms with Gasteiger partial charge >= 0.3 is 0 Å². The van der Waals surface area contributed by atoms with Gasteiger partial charge in [0.25, 0.3) is 0 Å². The molecule has 0 aromatic heterocycles. The average Bonchev–Trinajstić information content (AvgIpc) is 2.74. The van der Waals surface area contributed by atoms with Gasteiger partial charge in [-0.15, -0.1) is 0 Å². The minimum Gasteiger partial charge on any atom is -0.495 e. The molecule has 1 saturated heterocycles. The van der Waals surface area contributed by atoms with Crippen molar-refractivity contribution in [2.45, 2.75) is 39.5 Å². The molecule has 0 unspecified atom stereocenters. The Morgan fingerprint density at radius 3 is 2.29 bits per heavy atom. The number of hydrogen-bond acceptors (Lipinski definition) is 3. The standard InChI is InChI=1S/C25H32N2O/c1-19-12-13-21(20(2)18-19)22-8-4-5-9-23(22)26-14-16-27(17-15-26)24-10-6-7-11-25(24)28-3/h6-7,10-13,18H,4-5,8-9,14-17H2,1-3H3.